The molecule has 0 amide bonds. The zero-order valence-electron chi connectivity index (χ0n) is 10.6. The molecule has 0 radical (unpaired) electrons. The third-order valence-corrected chi connectivity index (χ3v) is 2.36. The van der Waals surface area contributed by atoms with Gasteiger partial charge in [0.05, 0.1) is 5.69 Å². The van der Waals surface area contributed by atoms with Crippen molar-refractivity contribution in [2.45, 2.75) is 26.8 Å². The summed E-state index contributed by atoms with van der Waals surface area (Å²) in [7, 11) is 3.78. The quantitative estimate of drug-likeness (QED) is 0.466. The molecule has 2 N–H and O–H groups in total. The van der Waals surface area contributed by atoms with E-state index in [-0.39, 0.29) is 0 Å². The van der Waals surface area contributed by atoms with E-state index in [0.29, 0.717) is 5.96 Å². The van der Waals surface area contributed by atoms with Crippen LogP contribution < -0.4 is 5.73 Å². The van der Waals surface area contributed by atoms with Crippen molar-refractivity contribution < 1.29 is 0 Å². The Morgan fingerprint density at radius 2 is 2.19 bits per heavy atom. The van der Waals surface area contributed by atoms with E-state index < -0.39 is 0 Å². The fourth-order valence-corrected chi connectivity index (χ4v) is 1.46. The number of hydrogen-bond acceptors (Lipinski definition) is 2. The lowest BCUT2D eigenvalue weighted by molar-refractivity contribution is 0.561. The van der Waals surface area contributed by atoms with Crippen molar-refractivity contribution in [1.29, 1.82) is 0 Å². The Labute approximate surface area is 97.0 Å². The largest absolute Gasteiger partial charge is 0.370 e. The van der Waals surface area contributed by atoms with Gasteiger partial charge in [-0.05, 0) is 26.3 Å². The predicted molar refractivity (Wildman–Crippen MR) is 66.5 cm³/mol. The van der Waals surface area contributed by atoms with Crippen molar-refractivity contribution in [3.05, 3.63) is 17.5 Å². The molecule has 0 aliphatic carbocycles. The van der Waals surface area contributed by atoms with Crippen LogP contribution >= 0.6 is 0 Å². The summed E-state index contributed by atoms with van der Waals surface area (Å²) in [5.41, 5.74) is 7.94. The summed E-state index contributed by atoms with van der Waals surface area (Å²) in [6.45, 7) is 5.70. The molecule has 5 heteroatoms. The van der Waals surface area contributed by atoms with Crippen molar-refractivity contribution in [2.75, 3.05) is 20.6 Å². The average molecular weight is 223 g/mol. The van der Waals surface area contributed by atoms with Gasteiger partial charge < -0.3 is 10.6 Å². The zero-order chi connectivity index (χ0) is 12.1. The molecular formula is C11H21N5. The molecule has 0 bridgehead atoms. The molecule has 1 aromatic heterocycles. The third kappa shape index (κ3) is 3.56. The Bertz CT molecular complexity index is 364. The summed E-state index contributed by atoms with van der Waals surface area (Å²) < 4.78 is 2.01. The molecule has 0 unspecified atom stereocenters. The Hall–Kier alpha value is -1.52. The third-order valence-electron chi connectivity index (χ3n) is 2.36. The average Bonchev–Trinajstić information content (AvgIpc) is 2.51. The first-order chi connectivity index (χ1) is 7.50. The van der Waals surface area contributed by atoms with E-state index in [1.54, 1.807) is 0 Å². The van der Waals surface area contributed by atoms with Crippen LogP contribution in [0.5, 0.6) is 0 Å². The Balaban J connectivity index is 2.36. The van der Waals surface area contributed by atoms with Crippen LogP contribution in [-0.4, -0.2) is 41.3 Å². The Morgan fingerprint density at radius 3 is 2.69 bits per heavy atom. The van der Waals surface area contributed by atoms with Gasteiger partial charge in [-0.2, -0.15) is 5.10 Å². The fraction of sp³-hybridized carbons (Fsp3) is 0.636. The van der Waals surface area contributed by atoms with E-state index in [9.17, 15) is 0 Å². The number of aliphatic imine (C=N–C) groups is 1. The van der Waals surface area contributed by atoms with Gasteiger partial charge in [0, 0.05) is 32.9 Å². The maximum atomic E-state index is 5.68. The number of rotatable bonds is 4. The van der Waals surface area contributed by atoms with E-state index in [0.717, 1.165) is 25.2 Å². The highest BCUT2D eigenvalue weighted by Gasteiger charge is 2.00. The molecule has 0 aromatic carbocycles. The van der Waals surface area contributed by atoms with Crippen molar-refractivity contribution in [1.82, 2.24) is 14.7 Å². The molecule has 5 nitrogen and oxygen atoms in total. The molecule has 0 saturated carbocycles. The highest BCUT2D eigenvalue weighted by atomic mass is 15.3. The van der Waals surface area contributed by atoms with Gasteiger partial charge >= 0.3 is 0 Å². The minimum Gasteiger partial charge on any atom is -0.370 e. The van der Waals surface area contributed by atoms with E-state index in [2.05, 4.69) is 23.1 Å². The number of guanidine groups is 1. The molecule has 90 valence electrons. The summed E-state index contributed by atoms with van der Waals surface area (Å²) in [5.74, 6) is 0.577. The van der Waals surface area contributed by atoms with Crippen molar-refractivity contribution in [3.8, 4) is 0 Å². The number of nitrogens with two attached hydrogens (primary N) is 1. The van der Waals surface area contributed by atoms with Gasteiger partial charge in [-0.15, -0.1) is 0 Å². The summed E-state index contributed by atoms with van der Waals surface area (Å²) in [6.07, 6.45) is 0.955. The summed E-state index contributed by atoms with van der Waals surface area (Å²) >= 11 is 0. The van der Waals surface area contributed by atoms with Gasteiger partial charge in [0.25, 0.3) is 0 Å². The molecule has 0 aliphatic rings. The van der Waals surface area contributed by atoms with E-state index in [1.165, 1.54) is 5.69 Å². The normalized spacial score (nSPS) is 11.9. The topological polar surface area (TPSA) is 59.4 Å². The van der Waals surface area contributed by atoms with Gasteiger partial charge in [0.1, 0.15) is 0 Å². The monoisotopic (exact) mass is 223 g/mol. The van der Waals surface area contributed by atoms with Crippen LogP contribution in [0, 0.1) is 13.8 Å². The molecule has 0 aliphatic heterocycles. The van der Waals surface area contributed by atoms with Crippen LogP contribution in [0.1, 0.15) is 17.8 Å². The number of aryl methyl sites for hydroxylation is 3. The predicted octanol–water partition coefficient (Wildman–Crippen LogP) is 0.766. The van der Waals surface area contributed by atoms with Crippen molar-refractivity contribution in [3.63, 3.8) is 0 Å². The minimum absolute atomic E-state index is 0.577. The molecule has 0 saturated heterocycles. The Morgan fingerprint density at radius 1 is 1.50 bits per heavy atom. The SMILES string of the molecule is Cc1cc(C)n(CCCN=C(N)N(C)C)n1. The summed E-state index contributed by atoms with van der Waals surface area (Å²) in [5, 5.41) is 4.39. The van der Waals surface area contributed by atoms with Crippen LogP contribution in [0.3, 0.4) is 0 Å². The van der Waals surface area contributed by atoms with Crippen molar-refractivity contribution in [2.24, 2.45) is 10.7 Å². The molecule has 16 heavy (non-hydrogen) atoms. The number of aromatic nitrogens is 2. The van der Waals surface area contributed by atoms with Gasteiger partial charge in [0.15, 0.2) is 5.96 Å². The number of nitrogens with zero attached hydrogens (tertiary/aromatic N) is 4. The highest BCUT2D eigenvalue weighted by Crippen LogP contribution is 2.02. The van der Waals surface area contributed by atoms with Crippen LogP contribution in [0.4, 0.5) is 0 Å². The minimum atomic E-state index is 0.577. The smallest absolute Gasteiger partial charge is 0.190 e. The van der Waals surface area contributed by atoms with Gasteiger partial charge in [-0.1, -0.05) is 0 Å². The van der Waals surface area contributed by atoms with Gasteiger partial charge in [-0.25, -0.2) is 0 Å². The molecule has 0 fully saturated rings. The van der Waals surface area contributed by atoms with Crippen LogP contribution in [-0.2, 0) is 6.54 Å². The van der Waals surface area contributed by atoms with E-state index in [4.69, 9.17) is 5.73 Å². The molecule has 0 atom stereocenters. The van der Waals surface area contributed by atoms with Crippen LogP contribution in [0.15, 0.2) is 11.1 Å². The lowest BCUT2D eigenvalue weighted by Gasteiger charge is -2.10. The maximum Gasteiger partial charge on any atom is 0.190 e. The fourth-order valence-electron chi connectivity index (χ4n) is 1.46. The van der Waals surface area contributed by atoms with E-state index >= 15 is 0 Å². The summed E-state index contributed by atoms with van der Waals surface area (Å²) in [6, 6.07) is 2.08. The molecule has 1 aromatic rings. The lowest BCUT2D eigenvalue weighted by atomic mass is 10.4. The van der Waals surface area contributed by atoms with Crippen molar-refractivity contribution >= 4 is 5.96 Å². The van der Waals surface area contributed by atoms with Gasteiger partial charge in [-0.3, -0.25) is 9.67 Å². The standard InChI is InChI=1S/C11H21N5/c1-9-8-10(2)16(14-9)7-5-6-13-11(12)15(3)4/h8H,5-7H2,1-4H3,(H2,12,13). The molecule has 0 spiro atoms. The van der Waals surface area contributed by atoms with E-state index in [1.807, 2.05) is 30.6 Å². The van der Waals surface area contributed by atoms with Crippen LogP contribution in [0.25, 0.3) is 0 Å². The highest BCUT2D eigenvalue weighted by molar-refractivity contribution is 5.77. The van der Waals surface area contributed by atoms with Gasteiger partial charge in [0.2, 0.25) is 0 Å². The van der Waals surface area contributed by atoms with Crippen LogP contribution in [0.2, 0.25) is 0 Å². The second-order valence-electron chi connectivity index (χ2n) is 4.14. The first-order valence-corrected chi connectivity index (χ1v) is 5.49. The molecular weight excluding hydrogens is 202 g/mol. The molecule has 1 rings (SSSR count). The zero-order valence-corrected chi connectivity index (χ0v) is 10.6. The Kier molecular flexibility index (Phi) is 4.34. The second-order valence-corrected chi connectivity index (χ2v) is 4.14. The summed E-state index contributed by atoms with van der Waals surface area (Å²) in [4.78, 5) is 6.06. The lowest BCUT2D eigenvalue weighted by Crippen LogP contribution is -2.30. The maximum absolute atomic E-state index is 5.68. The first-order valence-electron chi connectivity index (χ1n) is 5.49. The first kappa shape index (κ1) is 12.5. The molecule has 1 heterocycles. The second kappa shape index (κ2) is 5.53. The number of hydrogen-bond donors (Lipinski definition) is 1.